The van der Waals surface area contributed by atoms with Crippen LogP contribution in [0.15, 0.2) is 72.8 Å². The lowest BCUT2D eigenvalue weighted by Gasteiger charge is -2.30. The number of aryl methyl sites for hydroxylation is 1. The van der Waals surface area contributed by atoms with Gasteiger partial charge in [-0.25, -0.2) is 0 Å². The number of halogens is 2. The van der Waals surface area contributed by atoms with Crippen molar-refractivity contribution in [1.29, 1.82) is 0 Å². The van der Waals surface area contributed by atoms with E-state index in [1.165, 1.54) is 11.1 Å². The molecular formula is C22H21Cl2NO. The third-order valence-corrected chi connectivity index (χ3v) is 4.98. The molecule has 2 nitrogen and oxygen atoms in total. The van der Waals surface area contributed by atoms with Crippen molar-refractivity contribution in [3.63, 3.8) is 0 Å². The Morgan fingerprint density at radius 1 is 0.769 bits per heavy atom. The highest BCUT2D eigenvalue weighted by Crippen LogP contribution is 2.31. The summed E-state index contributed by atoms with van der Waals surface area (Å²) < 4.78 is 0. The summed E-state index contributed by atoms with van der Waals surface area (Å²) in [6, 6.07) is 22.9. The highest BCUT2D eigenvalue weighted by molar-refractivity contribution is 6.30. The molecule has 0 aliphatic heterocycles. The number of nitrogens with one attached hydrogen (secondary N) is 1. The third-order valence-electron chi connectivity index (χ3n) is 4.47. The fourth-order valence-electron chi connectivity index (χ4n) is 2.92. The summed E-state index contributed by atoms with van der Waals surface area (Å²) in [5, 5.41) is 16.2. The van der Waals surface area contributed by atoms with Crippen molar-refractivity contribution in [3.05, 3.63) is 105 Å². The molecule has 3 aromatic rings. The van der Waals surface area contributed by atoms with E-state index in [0.717, 1.165) is 11.1 Å². The van der Waals surface area contributed by atoms with E-state index in [-0.39, 0.29) is 0 Å². The maximum absolute atomic E-state index is 11.5. The zero-order chi connectivity index (χ0) is 18.6. The fraction of sp³-hybridized carbons (Fsp3) is 0.182. The molecular weight excluding hydrogens is 365 g/mol. The fourth-order valence-corrected chi connectivity index (χ4v) is 3.17. The van der Waals surface area contributed by atoms with Crippen LogP contribution in [-0.4, -0.2) is 11.7 Å². The SMILES string of the molecule is Cc1ccc(CNCC(O)(c2ccc(Cl)cc2)c2ccc(Cl)cc2)cc1. The van der Waals surface area contributed by atoms with E-state index in [9.17, 15) is 5.11 Å². The molecule has 0 aliphatic rings. The molecule has 0 radical (unpaired) electrons. The van der Waals surface area contributed by atoms with E-state index in [4.69, 9.17) is 23.2 Å². The first-order valence-corrected chi connectivity index (χ1v) is 9.24. The molecule has 0 aromatic heterocycles. The molecule has 3 rings (SSSR count). The summed E-state index contributed by atoms with van der Waals surface area (Å²) in [4.78, 5) is 0. The lowest BCUT2D eigenvalue weighted by atomic mass is 9.86. The molecule has 0 unspecified atom stereocenters. The Bertz CT molecular complexity index is 797. The Morgan fingerprint density at radius 2 is 1.23 bits per heavy atom. The second-order valence-corrected chi connectivity index (χ2v) is 7.34. The minimum Gasteiger partial charge on any atom is -0.379 e. The average Bonchev–Trinajstić information content (AvgIpc) is 2.64. The van der Waals surface area contributed by atoms with E-state index in [0.29, 0.717) is 23.1 Å². The maximum atomic E-state index is 11.5. The molecule has 3 aromatic carbocycles. The van der Waals surface area contributed by atoms with Gasteiger partial charge in [0.2, 0.25) is 0 Å². The van der Waals surface area contributed by atoms with Crippen LogP contribution in [0.1, 0.15) is 22.3 Å². The quantitative estimate of drug-likeness (QED) is 0.600. The molecule has 0 spiro atoms. The smallest absolute Gasteiger partial charge is 0.127 e. The van der Waals surface area contributed by atoms with Crippen molar-refractivity contribution >= 4 is 23.2 Å². The molecule has 0 bridgehead atoms. The van der Waals surface area contributed by atoms with E-state index < -0.39 is 5.60 Å². The monoisotopic (exact) mass is 385 g/mol. The molecule has 134 valence electrons. The molecule has 0 fully saturated rings. The molecule has 0 atom stereocenters. The van der Waals surface area contributed by atoms with Gasteiger partial charge in [-0.15, -0.1) is 0 Å². The summed E-state index contributed by atoms with van der Waals surface area (Å²) in [5.41, 5.74) is 2.78. The van der Waals surface area contributed by atoms with Crippen LogP contribution in [0.25, 0.3) is 0 Å². The van der Waals surface area contributed by atoms with Gasteiger partial charge in [-0.05, 0) is 47.9 Å². The summed E-state index contributed by atoms with van der Waals surface area (Å²) in [5.74, 6) is 0. The van der Waals surface area contributed by atoms with Crippen LogP contribution in [-0.2, 0) is 12.1 Å². The number of rotatable bonds is 6. The Kier molecular flexibility index (Phi) is 6.00. The van der Waals surface area contributed by atoms with E-state index >= 15 is 0 Å². The average molecular weight is 386 g/mol. The molecule has 0 saturated heterocycles. The summed E-state index contributed by atoms with van der Waals surface area (Å²) in [6.45, 7) is 3.10. The summed E-state index contributed by atoms with van der Waals surface area (Å²) in [6.07, 6.45) is 0. The van der Waals surface area contributed by atoms with Crippen LogP contribution in [0.2, 0.25) is 10.0 Å². The highest BCUT2D eigenvalue weighted by atomic mass is 35.5. The van der Waals surface area contributed by atoms with Crippen molar-refractivity contribution in [2.75, 3.05) is 6.54 Å². The molecule has 2 N–H and O–H groups in total. The van der Waals surface area contributed by atoms with Gasteiger partial charge in [0.05, 0.1) is 0 Å². The third kappa shape index (κ3) is 4.46. The second-order valence-electron chi connectivity index (χ2n) is 6.46. The van der Waals surface area contributed by atoms with Crippen molar-refractivity contribution < 1.29 is 5.11 Å². The number of benzene rings is 3. The Labute approximate surface area is 164 Å². The molecule has 0 saturated carbocycles. The van der Waals surface area contributed by atoms with Gasteiger partial charge in [0, 0.05) is 23.1 Å². The molecule has 0 aliphatic carbocycles. The van der Waals surface area contributed by atoms with Crippen LogP contribution in [0.4, 0.5) is 0 Å². The normalized spacial score (nSPS) is 11.5. The van der Waals surface area contributed by atoms with Crippen molar-refractivity contribution in [1.82, 2.24) is 5.32 Å². The van der Waals surface area contributed by atoms with E-state index in [2.05, 4.69) is 36.5 Å². The van der Waals surface area contributed by atoms with E-state index in [1.54, 1.807) is 24.3 Å². The molecule has 0 heterocycles. The van der Waals surface area contributed by atoms with Gasteiger partial charge in [0.15, 0.2) is 0 Å². The summed E-state index contributed by atoms with van der Waals surface area (Å²) >= 11 is 12.0. The minimum absolute atomic E-state index is 0.365. The van der Waals surface area contributed by atoms with Crippen molar-refractivity contribution in [2.24, 2.45) is 0 Å². The zero-order valence-corrected chi connectivity index (χ0v) is 16.1. The van der Waals surface area contributed by atoms with Gasteiger partial charge in [0.1, 0.15) is 5.60 Å². The predicted molar refractivity (Wildman–Crippen MR) is 109 cm³/mol. The topological polar surface area (TPSA) is 32.3 Å². The molecule has 4 heteroatoms. The first-order valence-electron chi connectivity index (χ1n) is 8.48. The highest BCUT2D eigenvalue weighted by Gasteiger charge is 2.31. The first-order chi connectivity index (χ1) is 12.5. The molecule has 0 amide bonds. The van der Waals surface area contributed by atoms with Gasteiger partial charge in [-0.2, -0.15) is 0 Å². The van der Waals surface area contributed by atoms with Gasteiger partial charge in [0.25, 0.3) is 0 Å². The Balaban J connectivity index is 1.83. The van der Waals surface area contributed by atoms with Crippen LogP contribution < -0.4 is 5.32 Å². The van der Waals surface area contributed by atoms with Crippen LogP contribution in [0.3, 0.4) is 0 Å². The lowest BCUT2D eigenvalue weighted by Crippen LogP contribution is -2.39. The standard InChI is InChI=1S/C22H21Cl2NO/c1-16-2-4-17(5-3-16)14-25-15-22(26,18-6-10-20(23)11-7-18)19-8-12-21(24)13-9-19/h2-13,25-26H,14-15H2,1H3. The van der Waals surface area contributed by atoms with Crippen molar-refractivity contribution in [3.8, 4) is 0 Å². The Hall–Kier alpha value is -1.84. The summed E-state index contributed by atoms with van der Waals surface area (Å²) in [7, 11) is 0. The predicted octanol–water partition coefficient (Wildman–Crippen LogP) is 5.33. The molecule has 26 heavy (non-hydrogen) atoms. The Morgan fingerprint density at radius 3 is 1.69 bits per heavy atom. The van der Waals surface area contributed by atoms with Crippen LogP contribution in [0.5, 0.6) is 0 Å². The second kappa shape index (κ2) is 8.24. The first kappa shape index (κ1) is 18.9. The number of aliphatic hydroxyl groups is 1. The largest absolute Gasteiger partial charge is 0.379 e. The van der Waals surface area contributed by atoms with Gasteiger partial charge < -0.3 is 10.4 Å². The minimum atomic E-state index is -1.18. The number of hydrogen-bond donors (Lipinski definition) is 2. The lowest BCUT2D eigenvalue weighted by molar-refractivity contribution is 0.0796. The maximum Gasteiger partial charge on any atom is 0.127 e. The van der Waals surface area contributed by atoms with Crippen LogP contribution >= 0.6 is 23.2 Å². The zero-order valence-electron chi connectivity index (χ0n) is 14.5. The van der Waals surface area contributed by atoms with Gasteiger partial charge >= 0.3 is 0 Å². The van der Waals surface area contributed by atoms with Gasteiger partial charge in [-0.1, -0.05) is 77.3 Å². The number of hydrogen-bond acceptors (Lipinski definition) is 2. The van der Waals surface area contributed by atoms with E-state index in [1.807, 2.05) is 24.3 Å². The van der Waals surface area contributed by atoms with Crippen LogP contribution in [0, 0.1) is 6.92 Å². The van der Waals surface area contributed by atoms with Crippen molar-refractivity contribution in [2.45, 2.75) is 19.1 Å². The van der Waals surface area contributed by atoms with Gasteiger partial charge in [-0.3, -0.25) is 0 Å².